The fourth-order valence-electron chi connectivity index (χ4n) is 5.00. The highest BCUT2D eigenvalue weighted by molar-refractivity contribution is 7.89. The number of H-pyrrole nitrogens is 1. The van der Waals surface area contributed by atoms with E-state index in [1.807, 2.05) is 60.8 Å². The predicted molar refractivity (Wildman–Crippen MR) is 143 cm³/mol. The van der Waals surface area contributed by atoms with Crippen LogP contribution in [0.2, 0.25) is 0 Å². The third-order valence-corrected chi connectivity index (χ3v) is 8.58. The number of fused-ring (bicyclic) bond motifs is 2. The summed E-state index contributed by atoms with van der Waals surface area (Å²) < 4.78 is 28.4. The summed E-state index contributed by atoms with van der Waals surface area (Å²) in [5.41, 5.74) is 6.92. The Labute approximate surface area is 215 Å². The molecule has 0 atom stereocenters. The molecule has 0 spiro atoms. The van der Waals surface area contributed by atoms with Gasteiger partial charge in [0, 0.05) is 29.6 Å². The van der Waals surface area contributed by atoms with E-state index in [2.05, 4.69) is 20.6 Å². The van der Waals surface area contributed by atoms with Crippen molar-refractivity contribution in [2.75, 3.05) is 6.54 Å². The van der Waals surface area contributed by atoms with Crippen molar-refractivity contribution < 1.29 is 18.0 Å². The second-order valence-electron chi connectivity index (χ2n) is 9.65. The molecule has 1 aliphatic rings. The lowest BCUT2D eigenvalue weighted by atomic mass is 9.82. The quantitative estimate of drug-likeness (QED) is 0.278. The van der Waals surface area contributed by atoms with Gasteiger partial charge in [0.05, 0.1) is 11.3 Å². The van der Waals surface area contributed by atoms with Gasteiger partial charge in [-0.1, -0.05) is 48.5 Å². The van der Waals surface area contributed by atoms with Crippen molar-refractivity contribution in [1.82, 2.24) is 20.6 Å². The molecule has 5 rings (SSSR count). The van der Waals surface area contributed by atoms with Gasteiger partial charge in [0.1, 0.15) is 0 Å². The summed E-state index contributed by atoms with van der Waals surface area (Å²) in [6.07, 6.45) is 4.73. The lowest BCUT2D eigenvalue weighted by molar-refractivity contribution is -0.131. The van der Waals surface area contributed by atoms with Crippen LogP contribution in [-0.2, 0) is 26.0 Å². The molecule has 1 saturated carbocycles. The van der Waals surface area contributed by atoms with E-state index in [0.717, 1.165) is 40.1 Å². The molecule has 192 valence electrons. The third-order valence-electron chi connectivity index (χ3n) is 7.16. The van der Waals surface area contributed by atoms with E-state index in [9.17, 15) is 18.0 Å². The maximum Gasteiger partial charge on any atom is 0.242 e. The van der Waals surface area contributed by atoms with Gasteiger partial charge in [-0.05, 0) is 66.1 Å². The number of carbonyl (C=O) groups excluding carboxylic acids is 2. The molecule has 9 heteroatoms. The molecule has 1 aliphatic carbocycles. The normalized spacial score (nSPS) is 18.1. The molecular formula is C28H30N4O4S. The van der Waals surface area contributed by atoms with Crippen molar-refractivity contribution in [2.24, 2.45) is 11.8 Å². The Hall–Kier alpha value is -3.69. The van der Waals surface area contributed by atoms with Gasteiger partial charge in [-0.15, -0.1) is 0 Å². The number of hydrogen-bond acceptors (Lipinski definition) is 4. The van der Waals surface area contributed by atoms with Gasteiger partial charge < -0.3 is 4.98 Å². The molecule has 0 aliphatic heterocycles. The van der Waals surface area contributed by atoms with Crippen molar-refractivity contribution >= 4 is 43.5 Å². The number of sulfonamides is 1. The number of hydrogen-bond donors (Lipinski definition) is 4. The zero-order chi connectivity index (χ0) is 25.8. The van der Waals surface area contributed by atoms with Crippen molar-refractivity contribution in [1.29, 1.82) is 0 Å². The minimum atomic E-state index is -3.61. The van der Waals surface area contributed by atoms with Gasteiger partial charge in [-0.3, -0.25) is 20.4 Å². The number of nitrogens with one attached hydrogen (secondary N) is 4. The van der Waals surface area contributed by atoms with Gasteiger partial charge in [0.15, 0.2) is 0 Å². The van der Waals surface area contributed by atoms with Crippen LogP contribution in [0.5, 0.6) is 0 Å². The Bertz CT molecular complexity index is 1540. The van der Waals surface area contributed by atoms with Crippen LogP contribution in [0.4, 0.5) is 0 Å². The summed E-state index contributed by atoms with van der Waals surface area (Å²) in [6, 6.07) is 20.5. The summed E-state index contributed by atoms with van der Waals surface area (Å²) in [4.78, 5) is 28.3. The molecule has 0 saturated heterocycles. The maximum atomic E-state index is 12.8. The van der Waals surface area contributed by atoms with Crippen molar-refractivity contribution in [3.05, 3.63) is 78.5 Å². The SMILES string of the molecule is O=C(Cc1c[nH]c2ccccc12)NNC(=O)C1CCC(CNS(=O)(=O)c2ccc3ccccc3c2)CC1. The van der Waals surface area contributed by atoms with E-state index in [1.54, 1.807) is 12.1 Å². The molecule has 1 heterocycles. The molecule has 8 nitrogen and oxygen atoms in total. The Balaban J connectivity index is 1.06. The summed E-state index contributed by atoms with van der Waals surface area (Å²) in [5.74, 6) is -0.533. The third kappa shape index (κ3) is 5.84. The Morgan fingerprint density at radius 2 is 1.59 bits per heavy atom. The lowest BCUT2D eigenvalue weighted by Crippen LogP contribution is -2.46. The molecule has 37 heavy (non-hydrogen) atoms. The first-order valence-electron chi connectivity index (χ1n) is 12.5. The maximum absolute atomic E-state index is 12.8. The first-order chi connectivity index (χ1) is 17.9. The Morgan fingerprint density at radius 1 is 0.865 bits per heavy atom. The minimum Gasteiger partial charge on any atom is -0.361 e. The lowest BCUT2D eigenvalue weighted by Gasteiger charge is -2.27. The van der Waals surface area contributed by atoms with E-state index in [-0.39, 0.29) is 35.0 Å². The fraction of sp³-hybridized carbons (Fsp3) is 0.286. The number of para-hydroxylation sites is 1. The molecule has 4 aromatic rings. The second-order valence-corrected chi connectivity index (χ2v) is 11.4. The number of carbonyl (C=O) groups is 2. The molecule has 1 aromatic heterocycles. The average Bonchev–Trinajstić information content (AvgIpc) is 3.33. The largest absolute Gasteiger partial charge is 0.361 e. The second kappa shape index (κ2) is 10.7. The van der Waals surface area contributed by atoms with Gasteiger partial charge in [-0.2, -0.15) is 0 Å². The number of aromatic amines is 1. The van der Waals surface area contributed by atoms with Crippen molar-refractivity contribution in [3.63, 3.8) is 0 Å². The standard InChI is InChI=1S/C28H30N4O4S/c33-27(16-23-18-29-26-8-4-3-7-25(23)26)31-32-28(34)21-11-9-19(10-12-21)17-30-37(35,36)24-14-13-20-5-1-2-6-22(20)15-24/h1-8,13-15,18-19,21,29-30H,9-12,16-17H2,(H,31,33)(H,32,34). The van der Waals surface area contributed by atoms with Gasteiger partial charge in [-0.25, -0.2) is 13.1 Å². The highest BCUT2D eigenvalue weighted by Crippen LogP contribution is 2.29. The van der Waals surface area contributed by atoms with Crippen LogP contribution in [-0.4, -0.2) is 31.8 Å². The number of aromatic nitrogens is 1. The van der Waals surface area contributed by atoms with E-state index in [1.165, 1.54) is 0 Å². The number of benzene rings is 3. The van der Waals surface area contributed by atoms with E-state index < -0.39 is 10.0 Å². The summed E-state index contributed by atoms with van der Waals surface area (Å²) >= 11 is 0. The van der Waals surface area contributed by atoms with Crippen LogP contribution < -0.4 is 15.6 Å². The fourth-order valence-corrected chi connectivity index (χ4v) is 6.15. The smallest absolute Gasteiger partial charge is 0.242 e. The Morgan fingerprint density at radius 3 is 2.41 bits per heavy atom. The highest BCUT2D eigenvalue weighted by Gasteiger charge is 2.27. The van der Waals surface area contributed by atoms with E-state index in [4.69, 9.17) is 0 Å². The zero-order valence-corrected chi connectivity index (χ0v) is 21.2. The van der Waals surface area contributed by atoms with Crippen LogP contribution in [0.1, 0.15) is 31.2 Å². The predicted octanol–water partition coefficient (Wildman–Crippen LogP) is 3.80. The van der Waals surface area contributed by atoms with Crippen LogP contribution in [0.15, 0.2) is 77.8 Å². The van der Waals surface area contributed by atoms with Crippen LogP contribution in [0.3, 0.4) is 0 Å². The van der Waals surface area contributed by atoms with Crippen LogP contribution in [0.25, 0.3) is 21.7 Å². The van der Waals surface area contributed by atoms with Crippen LogP contribution in [0, 0.1) is 11.8 Å². The van der Waals surface area contributed by atoms with Gasteiger partial charge in [0.25, 0.3) is 0 Å². The molecule has 3 aromatic carbocycles. The van der Waals surface area contributed by atoms with Gasteiger partial charge in [0.2, 0.25) is 21.8 Å². The molecule has 1 fully saturated rings. The summed E-state index contributed by atoms with van der Waals surface area (Å²) in [7, 11) is -3.61. The average molecular weight is 519 g/mol. The molecule has 0 bridgehead atoms. The Kier molecular flexibility index (Phi) is 7.25. The molecule has 0 unspecified atom stereocenters. The van der Waals surface area contributed by atoms with E-state index in [0.29, 0.717) is 19.4 Å². The summed E-state index contributed by atoms with van der Waals surface area (Å²) in [6.45, 7) is 0.338. The molecule has 4 N–H and O–H groups in total. The van der Waals surface area contributed by atoms with Crippen molar-refractivity contribution in [2.45, 2.75) is 37.0 Å². The number of amides is 2. The van der Waals surface area contributed by atoms with E-state index >= 15 is 0 Å². The number of rotatable bonds is 7. The first-order valence-corrected chi connectivity index (χ1v) is 14.0. The molecule has 2 amide bonds. The topological polar surface area (TPSA) is 120 Å². The van der Waals surface area contributed by atoms with Gasteiger partial charge >= 0.3 is 0 Å². The van der Waals surface area contributed by atoms with Crippen molar-refractivity contribution in [3.8, 4) is 0 Å². The molecule has 0 radical (unpaired) electrons. The minimum absolute atomic E-state index is 0.161. The number of hydrazine groups is 1. The molecular weight excluding hydrogens is 488 g/mol. The first kappa shape index (κ1) is 25.0. The van der Waals surface area contributed by atoms with Crippen LogP contribution >= 0.6 is 0 Å². The summed E-state index contributed by atoms with van der Waals surface area (Å²) in [5, 5.41) is 2.86. The monoisotopic (exact) mass is 518 g/mol. The zero-order valence-electron chi connectivity index (χ0n) is 20.4. The highest BCUT2D eigenvalue weighted by atomic mass is 32.2.